The number of carbonyl (C=O) groups excluding carboxylic acids is 1. The lowest BCUT2D eigenvalue weighted by molar-refractivity contribution is -0.119. The Morgan fingerprint density at radius 2 is 1.54 bits per heavy atom. The van der Waals surface area contributed by atoms with Crippen molar-refractivity contribution in [3.05, 3.63) is 89.0 Å². The van der Waals surface area contributed by atoms with Crippen LogP contribution in [0.2, 0.25) is 0 Å². The number of hydrogen-bond acceptors (Lipinski definition) is 6. The van der Waals surface area contributed by atoms with Crippen LogP contribution >= 0.6 is 0 Å². The quantitative estimate of drug-likeness (QED) is 0.148. The van der Waals surface area contributed by atoms with E-state index in [0.717, 1.165) is 39.8 Å². The number of carbonyl (C=O) groups is 1. The Balaban J connectivity index is 1.83. The Morgan fingerprint density at radius 3 is 2.15 bits per heavy atom. The van der Waals surface area contributed by atoms with Crippen molar-refractivity contribution in [2.45, 2.75) is 26.9 Å². The monoisotopic (exact) mass is 562 g/mol. The highest BCUT2D eigenvalue weighted by Crippen LogP contribution is 2.37. The molecule has 0 fully saturated rings. The lowest BCUT2D eigenvalue weighted by Gasteiger charge is -2.22. The molecule has 0 spiro atoms. The average Bonchev–Trinajstić information content (AvgIpc) is 2.95. The predicted octanol–water partition coefficient (Wildman–Crippen LogP) is 5.61. The highest BCUT2D eigenvalue weighted by Gasteiger charge is 2.16. The average molecular weight is 563 g/mol. The Bertz CT molecular complexity index is 1360. The van der Waals surface area contributed by atoms with Crippen LogP contribution in [0.1, 0.15) is 22.3 Å². The molecule has 9 heteroatoms. The number of nitrogens with zero attached hydrogens (tertiary/aromatic N) is 3. The number of methoxy groups -OCH3 is 2. The molecular formula is C32H39FN4O4. The van der Waals surface area contributed by atoms with Crippen molar-refractivity contribution in [1.29, 1.82) is 5.41 Å². The van der Waals surface area contributed by atoms with E-state index < -0.39 is 0 Å². The lowest BCUT2D eigenvalue weighted by Crippen LogP contribution is -2.27. The molecule has 0 aliphatic carbocycles. The molecular weight excluding hydrogens is 523 g/mol. The van der Waals surface area contributed by atoms with E-state index in [9.17, 15) is 9.18 Å². The molecule has 8 nitrogen and oxygen atoms in total. The molecule has 1 N–H and O–H groups in total. The molecule has 218 valence electrons. The predicted molar refractivity (Wildman–Crippen MR) is 160 cm³/mol. The van der Waals surface area contributed by atoms with Gasteiger partial charge in [-0.05, 0) is 72.0 Å². The van der Waals surface area contributed by atoms with E-state index in [1.807, 2.05) is 50.3 Å². The SMILES string of the molecule is COc1cc(CN(C=O)CCOc2c(C)cc(CN(C)/C=C\N(C)C=N)cc2-c2ccc(F)cc2C)cc(OC)c1. The molecule has 0 saturated carbocycles. The van der Waals surface area contributed by atoms with E-state index in [2.05, 4.69) is 12.1 Å². The molecule has 3 rings (SSSR count). The van der Waals surface area contributed by atoms with E-state index in [-0.39, 0.29) is 12.4 Å². The fraction of sp³-hybridized carbons (Fsp3) is 0.312. The van der Waals surface area contributed by atoms with Gasteiger partial charge in [0.15, 0.2) is 0 Å². The first-order chi connectivity index (χ1) is 19.7. The van der Waals surface area contributed by atoms with Gasteiger partial charge in [0.25, 0.3) is 0 Å². The minimum Gasteiger partial charge on any atom is -0.497 e. The number of rotatable bonds is 15. The third-order valence-corrected chi connectivity index (χ3v) is 6.58. The van der Waals surface area contributed by atoms with E-state index >= 15 is 0 Å². The summed E-state index contributed by atoms with van der Waals surface area (Å²) in [6, 6.07) is 14.4. The van der Waals surface area contributed by atoms with Crippen molar-refractivity contribution < 1.29 is 23.4 Å². The van der Waals surface area contributed by atoms with Crippen molar-refractivity contribution in [3.8, 4) is 28.4 Å². The fourth-order valence-corrected chi connectivity index (χ4v) is 4.49. The maximum Gasteiger partial charge on any atom is 0.210 e. The van der Waals surface area contributed by atoms with Crippen molar-refractivity contribution in [3.63, 3.8) is 0 Å². The van der Waals surface area contributed by atoms with E-state index in [4.69, 9.17) is 19.6 Å². The molecule has 0 aliphatic heterocycles. The van der Waals surface area contributed by atoms with Crippen LogP contribution in [0, 0.1) is 25.1 Å². The van der Waals surface area contributed by atoms with Crippen LogP contribution in [0.3, 0.4) is 0 Å². The summed E-state index contributed by atoms with van der Waals surface area (Å²) in [4.78, 5) is 17.2. The topological polar surface area (TPSA) is 78.3 Å². The maximum absolute atomic E-state index is 14.0. The molecule has 0 aromatic heterocycles. The standard InChI is InChI=1S/C32H39FN4O4/c1-23-14-27(33)7-8-30(23)31-17-25(19-35(3)9-10-36(4)21-34)13-24(2)32(31)41-12-11-37(22-38)20-26-15-28(39-5)18-29(16-26)40-6/h7-10,13-18,21-22,34H,11-12,19-20H2,1-6H3/b10-9-,34-21?. The summed E-state index contributed by atoms with van der Waals surface area (Å²) in [7, 11) is 6.93. The van der Waals surface area contributed by atoms with Gasteiger partial charge in [-0.15, -0.1) is 0 Å². The summed E-state index contributed by atoms with van der Waals surface area (Å²) in [6.07, 6.45) is 5.74. The second-order valence-corrected chi connectivity index (χ2v) is 9.90. The summed E-state index contributed by atoms with van der Waals surface area (Å²) in [5, 5.41) is 7.33. The molecule has 0 unspecified atom stereocenters. The Labute approximate surface area is 242 Å². The summed E-state index contributed by atoms with van der Waals surface area (Å²) < 4.78 is 31.0. The van der Waals surface area contributed by atoms with Crippen molar-refractivity contribution in [2.24, 2.45) is 0 Å². The van der Waals surface area contributed by atoms with Gasteiger partial charge < -0.3 is 28.9 Å². The zero-order valence-corrected chi connectivity index (χ0v) is 24.6. The van der Waals surface area contributed by atoms with Crippen LogP contribution < -0.4 is 14.2 Å². The highest BCUT2D eigenvalue weighted by atomic mass is 19.1. The molecule has 3 aromatic rings. The molecule has 0 aliphatic rings. The number of hydrogen-bond donors (Lipinski definition) is 1. The zero-order chi connectivity index (χ0) is 29.9. The minimum absolute atomic E-state index is 0.270. The molecule has 1 amide bonds. The smallest absolute Gasteiger partial charge is 0.210 e. The first-order valence-electron chi connectivity index (χ1n) is 13.2. The van der Waals surface area contributed by atoms with E-state index in [1.54, 1.807) is 43.2 Å². The Morgan fingerprint density at radius 1 is 0.854 bits per heavy atom. The number of aryl methyl sites for hydroxylation is 2. The first kappa shape index (κ1) is 31.0. The molecule has 0 bridgehead atoms. The van der Waals surface area contributed by atoms with Gasteiger partial charge in [0.05, 0.1) is 27.1 Å². The van der Waals surface area contributed by atoms with E-state index in [1.165, 1.54) is 18.5 Å². The van der Waals surface area contributed by atoms with E-state index in [0.29, 0.717) is 36.9 Å². The van der Waals surface area contributed by atoms with Crippen LogP contribution in [0.5, 0.6) is 17.2 Å². The van der Waals surface area contributed by atoms with Crippen LogP contribution in [0.25, 0.3) is 11.1 Å². The molecule has 0 radical (unpaired) electrons. The van der Waals surface area contributed by atoms with Gasteiger partial charge in [-0.2, -0.15) is 0 Å². The van der Waals surface area contributed by atoms with Crippen LogP contribution in [-0.4, -0.2) is 68.9 Å². The Kier molecular flexibility index (Phi) is 11.1. The molecule has 41 heavy (non-hydrogen) atoms. The van der Waals surface area contributed by atoms with Crippen LogP contribution in [-0.2, 0) is 17.9 Å². The molecule has 3 aromatic carbocycles. The number of amides is 1. The number of benzene rings is 3. The Hall–Kier alpha value is -4.53. The molecule has 0 heterocycles. The van der Waals surface area contributed by atoms with Crippen molar-refractivity contribution in [2.75, 3.05) is 41.5 Å². The summed E-state index contributed by atoms with van der Waals surface area (Å²) >= 11 is 0. The lowest BCUT2D eigenvalue weighted by atomic mass is 9.95. The van der Waals surface area contributed by atoms with Gasteiger partial charge in [-0.1, -0.05) is 12.1 Å². The van der Waals surface area contributed by atoms with Crippen molar-refractivity contribution in [1.82, 2.24) is 14.7 Å². The normalized spacial score (nSPS) is 10.8. The summed E-state index contributed by atoms with van der Waals surface area (Å²) in [5.41, 5.74) is 5.41. The second-order valence-electron chi connectivity index (χ2n) is 9.90. The van der Waals surface area contributed by atoms with Crippen LogP contribution in [0.4, 0.5) is 4.39 Å². The number of halogens is 1. The van der Waals surface area contributed by atoms with Gasteiger partial charge >= 0.3 is 0 Å². The fourth-order valence-electron chi connectivity index (χ4n) is 4.49. The summed E-state index contributed by atoms with van der Waals surface area (Å²) in [5.74, 6) is 1.70. The third kappa shape index (κ3) is 8.73. The van der Waals surface area contributed by atoms with Crippen molar-refractivity contribution >= 4 is 12.7 Å². The maximum atomic E-state index is 14.0. The molecule has 0 atom stereocenters. The highest BCUT2D eigenvalue weighted by molar-refractivity contribution is 5.75. The second kappa shape index (κ2) is 14.7. The minimum atomic E-state index is -0.294. The third-order valence-electron chi connectivity index (χ3n) is 6.58. The summed E-state index contributed by atoms with van der Waals surface area (Å²) in [6.45, 7) is 5.49. The van der Waals surface area contributed by atoms with Crippen LogP contribution in [0.15, 0.2) is 60.9 Å². The van der Waals surface area contributed by atoms with Gasteiger partial charge in [0, 0.05) is 51.2 Å². The largest absolute Gasteiger partial charge is 0.497 e. The first-order valence-corrected chi connectivity index (χ1v) is 13.2. The van der Waals surface area contributed by atoms with Gasteiger partial charge in [0.1, 0.15) is 29.7 Å². The zero-order valence-electron chi connectivity index (χ0n) is 24.6. The molecule has 0 saturated heterocycles. The van der Waals surface area contributed by atoms with Gasteiger partial charge in [-0.25, -0.2) is 4.39 Å². The number of nitrogens with one attached hydrogen (secondary N) is 1. The van der Waals surface area contributed by atoms with Gasteiger partial charge in [0.2, 0.25) is 6.41 Å². The van der Waals surface area contributed by atoms with Gasteiger partial charge in [-0.3, -0.25) is 10.2 Å². The number of ether oxygens (including phenoxy) is 3.